The molecule has 0 saturated carbocycles. The molecule has 114 valence electrons. The van der Waals surface area contributed by atoms with Gasteiger partial charge in [0.15, 0.2) is 0 Å². The first-order chi connectivity index (χ1) is 10.8. The predicted octanol–water partition coefficient (Wildman–Crippen LogP) is 1.57. The van der Waals surface area contributed by atoms with E-state index in [4.69, 9.17) is 9.47 Å². The Morgan fingerprint density at radius 3 is 3.14 bits per heavy atom. The molecule has 1 amide bonds. The second-order valence-corrected chi connectivity index (χ2v) is 5.03. The van der Waals surface area contributed by atoms with Gasteiger partial charge >= 0.3 is 0 Å². The predicted molar refractivity (Wildman–Crippen MR) is 79.5 cm³/mol. The number of hydrogen-bond donors (Lipinski definition) is 1. The smallest absolute Gasteiger partial charge is 0.251 e. The Morgan fingerprint density at radius 1 is 1.41 bits per heavy atom. The van der Waals surface area contributed by atoms with Gasteiger partial charge in [0, 0.05) is 43.2 Å². The lowest BCUT2D eigenvalue weighted by molar-refractivity contribution is 0.0949. The maximum Gasteiger partial charge on any atom is 0.251 e. The normalized spacial score (nSPS) is 17.2. The molecule has 1 unspecified atom stereocenters. The minimum absolute atomic E-state index is 0.0150. The number of amides is 1. The summed E-state index contributed by atoms with van der Waals surface area (Å²) in [6.07, 6.45) is 5.86. The van der Waals surface area contributed by atoms with Crippen molar-refractivity contribution in [3.05, 3.63) is 54.0 Å². The lowest BCUT2D eigenvalue weighted by atomic mass is 10.2. The second-order valence-electron chi connectivity index (χ2n) is 5.03. The van der Waals surface area contributed by atoms with E-state index in [2.05, 4.69) is 15.3 Å². The van der Waals surface area contributed by atoms with Crippen LogP contribution in [0.3, 0.4) is 0 Å². The van der Waals surface area contributed by atoms with Crippen LogP contribution < -0.4 is 10.1 Å². The van der Waals surface area contributed by atoms with E-state index in [1.54, 1.807) is 30.7 Å². The lowest BCUT2D eigenvalue weighted by Gasteiger charge is -2.11. The van der Waals surface area contributed by atoms with Gasteiger partial charge in [-0.15, -0.1) is 0 Å². The Hall–Kier alpha value is -2.47. The van der Waals surface area contributed by atoms with Crippen LogP contribution in [-0.4, -0.2) is 35.2 Å². The summed E-state index contributed by atoms with van der Waals surface area (Å²) in [7, 11) is 0. The number of rotatable bonds is 5. The topological polar surface area (TPSA) is 73.3 Å². The average Bonchev–Trinajstić information content (AvgIpc) is 3.07. The largest absolute Gasteiger partial charge is 0.472 e. The summed E-state index contributed by atoms with van der Waals surface area (Å²) in [6, 6.07) is 7.06. The van der Waals surface area contributed by atoms with Gasteiger partial charge in [0.2, 0.25) is 5.88 Å². The van der Waals surface area contributed by atoms with Crippen LogP contribution in [-0.2, 0) is 11.3 Å². The van der Waals surface area contributed by atoms with Gasteiger partial charge in [-0.2, -0.15) is 0 Å². The first-order valence-electron chi connectivity index (χ1n) is 7.19. The Kier molecular flexibility index (Phi) is 4.60. The van der Waals surface area contributed by atoms with Gasteiger partial charge in [-0.3, -0.25) is 9.78 Å². The van der Waals surface area contributed by atoms with Crippen molar-refractivity contribution in [2.75, 3.05) is 13.2 Å². The number of aromatic nitrogens is 2. The Labute approximate surface area is 128 Å². The van der Waals surface area contributed by atoms with E-state index in [1.807, 2.05) is 12.1 Å². The molecule has 0 radical (unpaired) electrons. The van der Waals surface area contributed by atoms with E-state index < -0.39 is 0 Å². The fraction of sp³-hybridized carbons (Fsp3) is 0.312. The monoisotopic (exact) mass is 299 g/mol. The summed E-state index contributed by atoms with van der Waals surface area (Å²) >= 11 is 0. The van der Waals surface area contributed by atoms with Gasteiger partial charge in [0.25, 0.3) is 5.91 Å². The molecule has 0 bridgehead atoms. The molecule has 0 spiro atoms. The van der Waals surface area contributed by atoms with Gasteiger partial charge in [0.1, 0.15) is 6.10 Å². The Bertz CT molecular complexity index is 628. The minimum Gasteiger partial charge on any atom is -0.472 e. The fourth-order valence-electron chi connectivity index (χ4n) is 2.18. The average molecular weight is 299 g/mol. The SMILES string of the molecule is O=C(NCc1cccnc1)c1ccnc(OC2CCOC2)c1. The van der Waals surface area contributed by atoms with Crippen molar-refractivity contribution < 1.29 is 14.3 Å². The van der Waals surface area contributed by atoms with Crippen LogP contribution in [0.15, 0.2) is 42.9 Å². The number of ether oxygens (including phenoxy) is 2. The van der Waals surface area contributed by atoms with Gasteiger partial charge in [-0.1, -0.05) is 6.07 Å². The number of pyridine rings is 2. The highest BCUT2D eigenvalue weighted by atomic mass is 16.5. The van der Waals surface area contributed by atoms with Crippen molar-refractivity contribution in [1.29, 1.82) is 0 Å². The molecule has 3 heterocycles. The molecule has 1 aliphatic heterocycles. The zero-order valence-electron chi connectivity index (χ0n) is 12.1. The second kappa shape index (κ2) is 7.00. The molecule has 6 heteroatoms. The zero-order chi connectivity index (χ0) is 15.2. The molecular weight excluding hydrogens is 282 g/mol. The highest BCUT2D eigenvalue weighted by Crippen LogP contribution is 2.15. The summed E-state index contributed by atoms with van der Waals surface area (Å²) in [5.41, 5.74) is 1.47. The van der Waals surface area contributed by atoms with Gasteiger partial charge in [-0.25, -0.2) is 4.98 Å². The number of hydrogen-bond acceptors (Lipinski definition) is 5. The van der Waals surface area contributed by atoms with Crippen LogP contribution in [0.1, 0.15) is 22.3 Å². The van der Waals surface area contributed by atoms with E-state index in [0.717, 1.165) is 12.0 Å². The highest BCUT2D eigenvalue weighted by molar-refractivity contribution is 5.94. The summed E-state index contributed by atoms with van der Waals surface area (Å²) in [4.78, 5) is 20.3. The van der Waals surface area contributed by atoms with E-state index >= 15 is 0 Å². The van der Waals surface area contributed by atoms with Crippen molar-refractivity contribution >= 4 is 5.91 Å². The first-order valence-corrected chi connectivity index (χ1v) is 7.19. The molecule has 22 heavy (non-hydrogen) atoms. The van der Waals surface area contributed by atoms with Gasteiger partial charge < -0.3 is 14.8 Å². The highest BCUT2D eigenvalue weighted by Gasteiger charge is 2.18. The van der Waals surface area contributed by atoms with Crippen molar-refractivity contribution in [3.63, 3.8) is 0 Å². The minimum atomic E-state index is -0.168. The molecule has 1 saturated heterocycles. The van der Waals surface area contributed by atoms with Crippen LogP contribution in [0.25, 0.3) is 0 Å². The van der Waals surface area contributed by atoms with E-state index in [9.17, 15) is 4.79 Å². The van der Waals surface area contributed by atoms with Crippen molar-refractivity contribution in [1.82, 2.24) is 15.3 Å². The van der Waals surface area contributed by atoms with Crippen molar-refractivity contribution in [3.8, 4) is 5.88 Å². The maximum atomic E-state index is 12.2. The first kappa shape index (κ1) is 14.5. The molecule has 1 aliphatic rings. The molecule has 1 fully saturated rings. The third-order valence-corrected chi connectivity index (χ3v) is 3.35. The number of carbonyl (C=O) groups is 1. The van der Waals surface area contributed by atoms with Gasteiger partial charge in [0.05, 0.1) is 13.2 Å². The number of nitrogens with one attached hydrogen (secondary N) is 1. The third kappa shape index (κ3) is 3.79. The van der Waals surface area contributed by atoms with Crippen LogP contribution >= 0.6 is 0 Å². The van der Waals surface area contributed by atoms with Crippen LogP contribution in [0.5, 0.6) is 5.88 Å². The quantitative estimate of drug-likeness (QED) is 0.907. The summed E-state index contributed by atoms with van der Waals surface area (Å²) in [6.45, 7) is 1.71. The molecule has 1 N–H and O–H groups in total. The molecule has 1 atom stereocenters. The Morgan fingerprint density at radius 2 is 2.36 bits per heavy atom. The standard InChI is InChI=1S/C16H17N3O3/c20-16(19-10-12-2-1-5-17-9-12)13-3-6-18-15(8-13)22-14-4-7-21-11-14/h1-3,5-6,8-9,14H,4,7,10-11H2,(H,19,20). The number of nitrogens with zero attached hydrogens (tertiary/aromatic N) is 2. The summed E-state index contributed by atoms with van der Waals surface area (Å²) in [5, 5.41) is 2.85. The van der Waals surface area contributed by atoms with Gasteiger partial charge in [-0.05, 0) is 17.7 Å². The van der Waals surface area contributed by atoms with E-state index in [-0.39, 0.29) is 12.0 Å². The van der Waals surface area contributed by atoms with Crippen molar-refractivity contribution in [2.24, 2.45) is 0 Å². The number of carbonyl (C=O) groups excluding carboxylic acids is 1. The zero-order valence-corrected chi connectivity index (χ0v) is 12.1. The molecule has 2 aromatic heterocycles. The third-order valence-electron chi connectivity index (χ3n) is 3.35. The molecule has 3 rings (SSSR count). The van der Waals surface area contributed by atoms with E-state index in [1.165, 1.54) is 0 Å². The van der Waals surface area contributed by atoms with Crippen LogP contribution in [0.2, 0.25) is 0 Å². The fourth-order valence-corrected chi connectivity index (χ4v) is 2.18. The lowest BCUT2D eigenvalue weighted by Crippen LogP contribution is -2.23. The maximum absolute atomic E-state index is 12.2. The Balaban J connectivity index is 1.59. The molecule has 6 nitrogen and oxygen atoms in total. The van der Waals surface area contributed by atoms with Crippen molar-refractivity contribution in [2.45, 2.75) is 19.1 Å². The molecule has 2 aromatic rings. The molecular formula is C16H17N3O3. The summed E-state index contributed by atoms with van der Waals surface area (Å²) < 4.78 is 11.0. The van der Waals surface area contributed by atoms with E-state index in [0.29, 0.717) is 31.2 Å². The van der Waals surface area contributed by atoms with Crippen LogP contribution in [0.4, 0.5) is 0 Å². The molecule has 0 aromatic carbocycles. The summed E-state index contributed by atoms with van der Waals surface area (Å²) in [5.74, 6) is 0.281. The molecule has 0 aliphatic carbocycles. The van der Waals surface area contributed by atoms with Crippen LogP contribution in [0, 0.1) is 0 Å².